The second-order valence-electron chi connectivity index (χ2n) is 20.4. The van der Waals surface area contributed by atoms with Gasteiger partial charge in [-0.2, -0.15) is 0 Å². The number of hydrogen-bond donors (Lipinski definition) is 3. The molecular weight excluding hydrogens is 717 g/mol. The van der Waals surface area contributed by atoms with Crippen LogP contribution in [0.3, 0.4) is 0 Å². The van der Waals surface area contributed by atoms with Crippen LogP contribution in [-0.4, -0.2) is 71.0 Å². The van der Waals surface area contributed by atoms with E-state index in [0.29, 0.717) is 24.2 Å². The maximum atomic E-state index is 12.6. The van der Waals surface area contributed by atoms with Gasteiger partial charge in [0.25, 0.3) is 0 Å². The number of esters is 1. The van der Waals surface area contributed by atoms with Crippen LogP contribution in [-0.2, 0) is 23.8 Å². The Hall–Kier alpha value is -1.32. The number of aldehydes is 1. The van der Waals surface area contributed by atoms with Crippen LogP contribution >= 0.6 is 0 Å². The fraction of sp³-hybridized carbons (Fsp3) is 0.918. The third-order valence-corrected chi connectivity index (χ3v) is 16.1. The lowest BCUT2D eigenvalue weighted by Gasteiger charge is -2.58. The molecule has 0 spiro atoms. The number of carbonyl (C=O) groups excluding carboxylic acids is 2. The quantitative estimate of drug-likeness (QED) is 0.0382. The molecule has 0 aromatic carbocycles. The molecule has 4 aliphatic carbocycles. The zero-order valence-corrected chi connectivity index (χ0v) is 36.9. The molecule has 0 aromatic rings. The molecule has 8 nitrogen and oxygen atoms in total. The minimum Gasteiger partial charge on any atom is -0.463 e. The summed E-state index contributed by atoms with van der Waals surface area (Å²) in [6, 6.07) is 0. The van der Waals surface area contributed by atoms with E-state index in [9.17, 15) is 24.9 Å². The number of hydrogen-bond acceptors (Lipinski definition) is 8. The van der Waals surface area contributed by atoms with Crippen molar-refractivity contribution < 1.29 is 39.1 Å². The number of rotatable bonds is 24. The maximum absolute atomic E-state index is 12.6. The van der Waals surface area contributed by atoms with Gasteiger partial charge in [-0.1, -0.05) is 130 Å². The number of allylic oxidation sites excluding steroid dienone is 1. The van der Waals surface area contributed by atoms with Gasteiger partial charge in [0.05, 0.1) is 6.10 Å². The van der Waals surface area contributed by atoms with Crippen LogP contribution in [0.4, 0.5) is 0 Å². The number of ether oxygens (including phenoxy) is 3. The summed E-state index contributed by atoms with van der Waals surface area (Å²) in [6.45, 7) is 12.2. The van der Waals surface area contributed by atoms with Gasteiger partial charge >= 0.3 is 5.97 Å². The predicted octanol–water partition coefficient (Wildman–Crippen LogP) is 10.4. The number of unbranched alkanes of at least 4 members (excludes halogenated alkanes) is 12. The third-order valence-electron chi connectivity index (χ3n) is 16.1. The van der Waals surface area contributed by atoms with Gasteiger partial charge in [-0.05, 0) is 111 Å². The highest BCUT2D eigenvalue weighted by atomic mass is 16.7. The first-order chi connectivity index (χ1) is 27.4. The summed E-state index contributed by atoms with van der Waals surface area (Å²) >= 11 is 0. The first-order valence-electron chi connectivity index (χ1n) is 24.0. The average molecular weight is 801 g/mol. The number of fused-ring (bicyclic) bond motifs is 5. The average Bonchev–Trinajstić information content (AvgIpc) is 3.55. The van der Waals surface area contributed by atoms with E-state index in [-0.39, 0.29) is 24.1 Å². The van der Waals surface area contributed by atoms with E-state index in [4.69, 9.17) is 14.2 Å². The standard InChI is InChI=1S/C49H84O8/c1-34(2)20-19-21-35(3)39-25-26-40-38-24-23-36-32-37(27-29-48(36,4)41(38)28-30-49(39,40)5)56-47-46(54)45(53)44(52)42(57-47)33-55-43(51)22-17-15-13-11-9-7-6-8-10-12-14-16-18-31-50/h23,31,34-35,37-42,44-47,52-54H,6-22,24-30,32-33H2,1-5H3/t35-,37+,38+,39-,40+,41+,42-,44+,45+,46-,47-,48+,49-/m1/s1. The molecule has 0 aromatic heterocycles. The Morgan fingerprint density at radius 1 is 0.807 bits per heavy atom. The van der Waals surface area contributed by atoms with E-state index < -0.39 is 30.7 Å². The van der Waals surface area contributed by atoms with Gasteiger partial charge in [0.1, 0.15) is 37.3 Å². The summed E-state index contributed by atoms with van der Waals surface area (Å²) in [5.41, 5.74) is 2.12. The van der Waals surface area contributed by atoms with Gasteiger partial charge in [0.2, 0.25) is 0 Å². The highest BCUT2D eigenvalue weighted by Crippen LogP contribution is 2.67. The van der Waals surface area contributed by atoms with Crippen molar-refractivity contribution in [2.45, 2.75) is 232 Å². The lowest BCUT2D eigenvalue weighted by atomic mass is 9.47. The van der Waals surface area contributed by atoms with Crippen molar-refractivity contribution in [3.8, 4) is 0 Å². The molecule has 1 heterocycles. The number of aliphatic hydroxyl groups excluding tert-OH is 3. The van der Waals surface area contributed by atoms with Crippen LogP contribution in [0.15, 0.2) is 11.6 Å². The fourth-order valence-corrected chi connectivity index (χ4v) is 12.6. The fourth-order valence-electron chi connectivity index (χ4n) is 12.6. The van der Waals surface area contributed by atoms with Crippen LogP contribution in [0.1, 0.15) is 195 Å². The second kappa shape index (κ2) is 22.5. The molecule has 8 heteroatoms. The molecule has 13 atom stereocenters. The summed E-state index contributed by atoms with van der Waals surface area (Å²) in [5, 5.41) is 32.4. The Kier molecular flexibility index (Phi) is 18.5. The molecule has 1 aliphatic heterocycles. The topological polar surface area (TPSA) is 123 Å². The van der Waals surface area contributed by atoms with E-state index in [1.165, 1.54) is 95.5 Å². The van der Waals surface area contributed by atoms with E-state index in [1.54, 1.807) is 0 Å². The Balaban J connectivity index is 1.02. The molecule has 328 valence electrons. The van der Waals surface area contributed by atoms with Gasteiger partial charge in [0.15, 0.2) is 6.29 Å². The predicted molar refractivity (Wildman–Crippen MR) is 226 cm³/mol. The van der Waals surface area contributed by atoms with Crippen LogP contribution in [0.25, 0.3) is 0 Å². The zero-order valence-electron chi connectivity index (χ0n) is 36.9. The maximum Gasteiger partial charge on any atom is 0.305 e. The Bertz CT molecular complexity index is 1250. The minimum absolute atomic E-state index is 0.146. The molecule has 4 fully saturated rings. The van der Waals surface area contributed by atoms with Gasteiger partial charge < -0.3 is 34.3 Å². The summed E-state index contributed by atoms with van der Waals surface area (Å²) in [7, 11) is 0. The molecule has 5 aliphatic rings. The Morgan fingerprint density at radius 2 is 1.47 bits per heavy atom. The largest absolute Gasteiger partial charge is 0.463 e. The van der Waals surface area contributed by atoms with Crippen LogP contribution < -0.4 is 0 Å². The van der Waals surface area contributed by atoms with Gasteiger partial charge in [0, 0.05) is 12.8 Å². The van der Waals surface area contributed by atoms with E-state index in [0.717, 1.165) is 93.7 Å². The molecule has 57 heavy (non-hydrogen) atoms. The summed E-state index contributed by atoms with van der Waals surface area (Å²) in [4.78, 5) is 23.0. The van der Waals surface area contributed by atoms with Gasteiger partial charge in [-0.25, -0.2) is 0 Å². The molecule has 0 amide bonds. The molecule has 3 saturated carbocycles. The van der Waals surface area contributed by atoms with Crippen molar-refractivity contribution in [1.29, 1.82) is 0 Å². The van der Waals surface area contributed by atoms with E-state index >= 15 is 0 Å². The normalized spacial score (nSPS) is 36.9. The molecule has 1 saturated heterocycles. The first kappa shape index (κ1) is 46.7. The lowest BCUT2D eigenvalue weighted by Crippen LogP contribution is -2.60. The van der Waals surface area contributed by atoms with E-state index in [1.807, 2.05) is 0 Å². The van der Waals surface area contributed by atoms with Crippen molar-refractivity contribution in [3.05, 3.63) is 11.6 Å². The van der Waals surface area contributed by atoms with Crippen LogP contribution in [0.2, 0.25) is 0 Å². The molecule has 3 N–H and O–H groups in total. The van der Waals surface area contributed by atoms with Gasteiger partial charge in [-0.15, -0.1) is 0 Å². The zero-order chi connectivity index (χ0) is 41.0. The highest BCUT2D eigenvalue weighted by molar-refractivity contribution is 5.69. The van der Waals surface area contributed by atoms with Crippen molar-refractivity contribution in [2.24, 2.45) is 46.3 Å². The molecule has 0 radical (unpaired) electrons. The van der Waals surface area contributed by atoms with Crippen LogP contribution in [0.5, 0.6) is 0 Å². The van der Waals surface area contributed by atoms with Crippen molar-refractivity contribution in [1.82, 2.24) is 0 Å². The van der Waals surface area contributed by atoms with Crippen LogP contribution in [0, 0.1) is 46.3 Å². The SMILES string of the molecule is CC(C)CCC[C@@H](C)[C@H]1CC[C@H]2[C@@H]3CC=C4C[C@@H](O[C@@H]5O[C@H](COC(=O)CCCCCCCCCCCCCCC=O)[C@H](O)[C@H](O)[C@H]5O)CC[C@]4(C)[C@H]3CC[C@]12C. The molecule has 0 bridgehead atoms. The minimum atomic E-state index is -1.45. The smallest absolute Gasteiger partial charge is 0.305 e. The van der Waals surface area contributed by atoms with Crippen molar-refractivity contribution in [3.63, 3.8) is 0 Å². The summed E-state index contributed by atoms with van der Waals surface area (Å²) in [6.07, 6.45) is 25.2. The Morgan fingerprint density at radius 3 is 2.14 bits per heavy atom. The first-order valence-corrected chi connectivity index (χ1v) is 24.0. The second-order valence-corrected chi connectivity index (χ2v) is 20.4. The highest BCUT2D eigenvalue weighted by Gasteiger charge is 2.59. The van der Waals surface area contributed by atoms with Crippen molar-refractivity contribution >= 4 is 12.3 Å². The van der Waals surface area contributed by atoms with E-state index in [2.05, 4.69) is 40.7 Å². The summed E-state index contributed by atoms with van der Waals surface area (Å²) < 4.78 is 18.0. The lowest BCUT2D eigenvalue weighted by molar-refractivity contribution is -0.313. The number of carbonyl (C=O) groups is 2. The van der Waals surface area contributed by atoms with Crippen molar-refractivity contribution in [2.75, 3.05) is 6.61 Å². The third kappa shape index (κ3) is 12.2. The molecular formula is C49H84O8. The number of aliphatic hydroxyl groups is 3. The van der Waals surface area contributed by atoms with Gasteiger partial charge in [-0.3, -0.25) is 4.79 Å². The Labute approximate surface area is 347 Å². The molecule has 5 rings (SSSR count). The summed E-state index contributed by atoms with van der Waals surface area (Å²) in [5.74, 6) is 4.40. The monoisotopic (exact) mass is 801 g/mol. The molecule has 0 unspecified atom stereocenters.